The van der Waals surface area contributed by atoms with Gasteiger partial charge >= 0.3 is 0 Å². The zero-order chi connectivity index (χ0) is 14.8. The van der Waals surface area contributed by atoms with Crippen LogP contribution in [0.25, 0.3) is 0 Å². The van der Waals surface area contributed by atoms with Gasteiger partial charge in [0.2, 0.25) is 0 Å². The molecule has 0 aliphatic carbocycles. The van der Waals surface area contributed by atoms with Crippen molar-refractivity contribution < 1.29 is 14.2 Å². The van der Waals surface area contributed by atoms with E-state index in [9.17, 15) is 9.50 Å². The molecule has 2 unspecified atom stereocenters. The fourth-order valence-electron chi connectivity index (χ4n) is 1.93. The third kappa shape index (κ3) is 6.98. The number of hydrogen-bond donors (Lipinski definition) is 2. The number of aliphatic hydroxyl groups is 1. The van der Waals surface area contributed by atoms with E-state index in [0.29, 0.717) is 18.2 Å². The number of hydrogen-bond acceptors (Lipinski definition) is 3. The summed E-state index contributed by atoms with van der Waals surface area (Å²) in [6.07, 6.45) is 2.92. The van der Waals surface area contributed by atoms with E-state index in [2.05, 4.69) is 19.2 Å². The highest BCUT2D eigenvalue weighted by molar-refractivity contribution is 5.16. The summed E-state index contributed by atoms with van der Waals surface area (Å²) in [5.41, 5.74) is 0.518. The Morgan fingerprint density at radius 2 is 2.10 bits per heavy atom. The van der Waals surface area contributed by atoms with Crippen molar-refractivity contribution in [1.82, 2.24) is 5.32 Å². The number of ether oxygens (including phenoxy) is 1. The van der Waals surface area contributed by atoms with Gasteiger partial charge in [-0.05, 0) is 19.4 Å². The lowest BCUT2D eigenvalue weighted by atomic mass is 10.1. The lowest BCUT2D eigenvalue weighted by Crippen LogP contribution is -2.35. The van der Waals surface area contributed by atoms with E-state index in [1.54, 1.807) is 18.2 Å². The molecule has 0 saturated heterocycles. The van der Waals surface area contributed by atoms with E-state index in [-0.39, 0.29) is 19.0 Å². The smallest absolute Gasteiger partial charge is 0.128 e. The molecule has 1 aromatic carbocycles. The van der Waals surface area contributed by atoms with E-state index in [4.69, 9.17) is 4.74 Å². The zero-order valence-electron chi connectivity index (χ0n) is 12.4. The van der Waals surface area contributed by atoms with Crippen molar-refractivity contribution in [2.24, 2.45) is 0 Å². The van der Waals surface area contributed by atoms with Crippen molar-refractivity contribution in [3.63, 3.8) is 0 Å². The number of nitrogens with one attached hydrogen (secondary N) is 1. The maximum absolute atomic E-state index is 13.3. The maximum atomic E-state index is 13.3. The molecule has 0 heterocycles. The summed E-state index contributed by atoms with van der Waals surface area (Å²) >= 11 is 0. The summed E-state index contributed by atoms with van der Waals surface area (Å²) in [6, 6.07) is 6.92. The van der Waals surface area contributed by atoms with Gasteiger partial charge in [-0.1, -0.05) is 38.0 Å². The van der Waals surface area contributed by atoms with Crippen LogP contribution in [-0.4, -0.2) is 30.4 Å². The van der Waals surface area contributed by atoms with Gasteiger partial charge < -0.3 is 15.2 Å². The summed E-state index contributed by atoms with van der Waals surface area (Å²) < 4.78 is 18.7. The second kappa shape index (κ2) is 9.86. The topological polar surface area (TPSA) is 41.5 Å². The first-order valence-electron chi connectivity index (χ1n) is 7.36. The summed E-state index contributed by atoms with van der Waals surface area (Å²) in [5.74, 6) is -0.270. The van der Waals surface area contributed by atoms with Gasteiger partial charge in [-0.2, -0.15) is 0 Å². The van der Waals surface area contributed by atoms with Gasteiger partial charge in [0.15, 0.2) is 0 Å². The number of halogens is 1. The molecule has 2 atom stereocenters. The standard InChI is InChI=1S/C16H26FNO2/c1-3-4-7-13(2)18-10-15(19)12-20-11-14-8-5-6-9-16(14)17/h5-6,8-9,13,15,18-19H,3-4,7,10-12H2,1-2H3. The first-order chi connectivity index (χ1) is 9.63. The average Bonchev–Trinajstić information content (AvgIpc) is 2.45. The van der Waals surface area contributed by atoms with Crippen LogP contribution in [0.2, 0.25) is 0 Å². The number of rotatable bonds is 10. The van der Waals surface area contributed by atoms with Crippen LogP contribution in [-0.2, 0) is 11.3 Å². The third-order valence-corrected chi connectivity index (χ3v) is 3.22. The summed E-state index contributed by atoms with van der Waals surface area (Å²) in [7, 11) is 0. The molecule has 114 valence electrons. The monoisotopic (exact) mass is 283 g/mol. The van der Waals surface area contributed by atoms with Crippen LogP contribution in [0.4, 0.5) is 4.39 Å². The molecular formula is C16H26FNO2. The maximum Gasteiger partial charge on any atom is 0.128 e. The van der Waals surface area contributed by atoms with Crippen molar-refractivity contribution in [2.75, 3.05) is 13.2 Å². The number of unbranched alkanes of at least 4 members (excludes halogenated alkanes) is 1. The Morgan fingerprint density at radius 1 is 1.35 bits per heavy atom. The van der Waals surface area contributed by atoms with E-state index in [1.165, 1.54) is 18.9 Å². The van der Waals surface area contributed by atoms with Crippen LogP contribution in [0, 0.1) is 5.82 Å². The Labute approximate surface area is 121 Å². The van der Waals surface area contributed by atoms with E-state index in [1.807, 2.05) is 0 Å². The molecule has 0 radical (unpaired) electrons. The van der Waals surface area contributed by atoms with E-state index < -0.39 is 6.10 Å². The van der Waals surface area contributed by atoms with Crippen LogP contribution in [0.1, 0.15) is 38.7 Å². The molecule has 2 N–H and O–H groups in total. The third-order valence-electron chi connectivity index (χ3n) is 3.22. The first kappa shape index (κ1) is 17.1. The Bertz CT molecular complexity index is 373. The zero-order valence-corrected chi connectivity index (χ0v) is 12.4. The van der Waals surface area contributed by atoms with Crippen molar-refractivity contribution in [3.05, 3.63) is 35.6 Å². The predicted molar refractivity (Wildman–Crippen MR) is 79.1 cm³/mol. The van der Waals surface area contributed by atoms with Crippen LogP contribution < -0.4 is 5.32 Å². The van der Waals surface area contributed by atoms with Crippen molar-refractivity contribution in [2.45, 2.75) is 51.9 Å². The molecule has 0 amide bonds. The lowest BCUT2D eigenvalue weighted by Gasteiger charge is -2.17. The molecule has 0 spiro atoms. The van der Waals surface area contributed by atoms with E-state index in [0.717, 1.165) is 6.42 Å². The van der Waals surface area contributed by atoms with Crippen molar-refractivity contribution in [3.8, 4) is 0 Å². The Hall–Kier alpha value is -0.970. The molecule has 1 rings (SSSR count). The first-order valence-corrected chi connectivity index (χ1v) is 7.36. The molecule has 0 bridgehead atoms. The summed E-state index contributed by atoms with van der Waals surface area (Å²) in [5, 5.41) is 13.1. The molecule has 1 aromatic rings. The average molecular weight is 283 g/mol. The van der Waals surface area contributed by atoms with Gasteiger partial charge in [0.1, 0.15) is 5.82 Å². The largest absolute Gasteiger partial charge is 0.389 e. The Balaban J connectivity index is 2.14. The molecule has 0 aromatic heterocycles. The highest BCUT2D eigenvalue weighted by Gasteiger charge is 2.08. The van der Waals surface area contributed by atoms with Gasteiger partial charge in [0.05, 0.1) is 19.3 Å². The molecule has 0 aliphatic heterocycles. The van der Waals surface area contributed by atoms with Crippen LogP contribution in [0.5, 0.6) is 0 Å². The molecular weight excluding hydrogens is 257 g/mol. The molecule has 20 heavy (non-hydrogen) atoms. The summed E-state index contributed by atoms with van der Waals surface area (Å²) in [4.78, 5) is 0. The van der Waals surface area contributed by atoms with Gasteiger partial charge in [-0.25, -0.2) is 4.39 Å². The van der Waals surface area contributed by atoms with Gasteiger partial charge in [0.25, 0.3) is 0 Å². The second-order valence-electron chi connectivity index (χ2n) is 5.21. The molecule has 4 heteroatoms. The Kier molecular flexibility index (Phi) is 8.42. The number of aliphatic hydroxyl groups excluding tert-OH is 1. The molecule has 3 nitrogen and oxygen atoms in total. The molecule has 0 fully saturated rings. The van der Waals surface area contributed by atoms with Crippen LogP contribution in [0.3, 0.4) is 0 Å². The van der Waals surface area contributed by atoms with Crippen molar-refractivity contribution >= 4 is 0 Å². The van der Waals surface area contributed by atoms with Gasteiger partial charge in [-0.15, -0.1) is 0 Å². The predicted octanol–water partition coefficient (Wildman–Crippen LogP) is 2.87. The van der Waals surface area contributed by atoms with E-state index >= 15 is 0 Å². The minimum absolute atomic E-state index is 0.190. The number of benzene rings is 1. The fraction of sp³-hybridized carbons (Fsp3) is 0.625. The molecule has 0 aliphatic rings. The second-order valence-corrected chi connectivity index (χ2v) is 5.21. The molecule has 0 saturated carbocycles. The minimum atomic E-state index is -0.564. The Morgan fingerprint density at radius 3 is 2.80 bits per heavy atom. The lowest BCUT2D eigenvalue weighted by molar-refractivity contribution is 0.0267. The van der Waals surface area contributed by atoms with Crippen molar-refractivity contribution in [1.29, 1.82) is 0 Å². The minimum Gasteiger partial charge on any atom is -0.389 e. The highest BCUT2D eigenvalue weighted by atomic mass is 19.1. The van der Waals surface area contributed by atoms with Gasteiger partial charge in [0, 0.05) is 18.2 Å². The van der Waals surface area contributed by atoms with Crippen LogP contribution in [0.15, 0.2) is 24.3 Å². The highest BCUT2D eigenvalue weighted by Crippen LogP contribution is 2.07. The quantitative estimate of drug-likeness (QED) is 0.694. The fourth-order valence-corrected chi connectivity index (χ4v) is 1.93. The van der Waals surface area contributed by atoms with Crippen LogP contribution >= 0.6 is 0 Å². The van der Waals surface area contributed by atoms with Gasteiger partial charge in [-0.3, -0.25) is 0 Å². The normalized spacial score (nSPS) is 14.2. The SMILES string of the molecule is CCCCC(C)NCC(O)COCc1ccccc1F. The summed E-state index contributed by atoms with van der Waals surface area (Å²) in [6.45, 7) is 5.18.